The highest BCUT2D eigenvalue weighted by molar-refractivity contribution is 8.00. The number of aliphatic hydroxyl groups is 1. The summed E-state index contributed by atoms with van der Waals surface area (Å²) in [5.74, 6) is 0.861. The molecular weight excluding hydrogens is 240 g/mol. The molecule has 2 rings (SSSR count). The van der Waals surface area contributed by atoms with Gasteiger partial charge in [0.2, 0.25) is 0 Å². The zero-order valence-corrected chi connectivity index (χ0v) is 12.2. The summed E-state index contributed by atoms with van der Waals surface area (Å²) in [4.78, 5) is 1.28. The van der Waals surface area contributed by atoms with E-state index in [0.29, 0.717) is 0 Å². The quantitative estimate of drug-likeness (QED) is 0.843. The van der Waals surface area contributed by atoms with E-state index in [1.807, 2.05) is 24.8 Å². The molecule has 0 saturated heterocycles. The largest absolute Gasteiger partial charge is 0.388 e. The van der Waals surface area contributed by atoms with Crippen LogP contribution in [0.2, 0.25) is 0 Å². The summed E-state index contributed by atoms with van der Waals surface area (Å²) in [6.45, 7) is 4.40. The molecule has 1 aliphatic rings. The topological polar surface area (TPSA) is 20.2 Å². The second-order valence-corrected chi connectivity index (χ2v) is 6.82. The minimum Gasteiger partial charge on any atom is -0.388 e. The fourth-order valence-corrected chi connectivity index (χ4v) is 4.31. The van der Waals surface area contributed by atoms with Gasteiger partial charge in [-0.3, -0.25) is 0 Å². The first kappa shape index (κ1) is 14.0. The van der Waals surface area contributed by atoms with E-state index in [1.165, 1.54) is 30.6 Å². The smallest absolute Gasteiger partial charge is 0.0798 e. The monoisotopic (exact) mass is 264 g/mol. The molecule has 1 aromatic carbocycles. The molecule has 1 saturated carbocycles. The highest BCUT2D eigenvalue weighted by Crippen LogP contribution is 2.39. The van der Waals surface area contributed by atoms with E-state index in [2.05, 4.69) is 25.1 Å². The van der Waals surface area contributed by atoms with Crippen molar-refractivity contribution in [1.82, 2.24) is 0 Å². The molecule has 1 aromatic rings. The van der Waals surface area contributed by atoms with Crippen molar-refractivity contribution in [3.63, 3.8) is 0 Å². The maximum atomic E-state index is 10.1. The minimum atomic E-state index is -0.310. The second-order valence-electron chi connectivity index (χ2n) is 5.47. The Labute approximate surface area is 115 Å². The molecule has 1 aliphatic carbocycles. The van der Waals surface area contributed by atoms with Crippen molar-refractivity contribution >= 4 is 11.8 Å². The van der Waals surface area contributed by atoms with Crippen LogP contribution in [0.25, 0.3) is 0 Å². The normalized spacial score (nSPS) is 25.9. The van der Waals surface area contributed by atoms with Crippen molar-refractivity contribution in [2.75, 3.05) is 0 Å². The van der Waals surface area contributed by atoms with Gasteiger partial charge < -0.3 is 5.11 Å². The first-order valence-corrected chi connectivity index (χ1v) is 8.02. The van der Waals surface area contributed by atoms with Crippen LogP contribution < -0.4 is 0 Å². The summed E-state index contributed by atoms with van der Waals surface area (Å²) < 4.78 is 0. The molecule has 0 radical (unpaired) electrons. The van der Waals surface area contributed by atoms with E-state index < -0.39 is 0 Å². The number of thioether (sulfide) groups is 1. The maximum Gasteiger partial charge on any atom is 0.0798 e. The van der Waals surface area contributed by atoms with Crippen LogP contribution >= 0.6 is 11.8 Å². The summed E-state index contributed by atoms with van der Waals surface area (Å²) in [6, 6.07) is 8.35. The number of benzene rings is 1. The van der Waals surface area contributed by atoms with Crippen LogP contribution in [0, 0.1) is 5.92 Å². The molecule has 0 aromatic heterocycles. The van der Waals surface area contributed by atoms with Crippen molar-refractivity contribution < 1.29 is 5.11 Å². The van der Waals surface area contributed by atoms with Gasteiger partial charge in [0.1, 0.15) is 0 Å². The molecule has 1 N–H and O–H groups in total. The van der Waals surface area contributed by atoms with E-state index in [0.717, 1.165) is 23.2 Å². The lowest BCUT2D eigenvalue weighted by Gasteiger charge is -2.27. The molecule has 3 unspecified atom stereocenters. The molecular formula is C16H24OS. The Morgan fingerprint density at radius 2 is 2.11 bits per heavy atom. The van der Waals surface area contributed by atoms with Gasteiger partial charge in [-0.25, -0.2) is 0 Å². The van der Waals surface area contributed by atoms with E-state index in [1.54, 1.807) is 0 Å². The van der Waals surface area contributed by atoms with Crippen LogP contribution in [0.3, 0.4) is 0 Å². The molecule has 0 amide bonds. The Balaban J connectivity index is 2.08. The van der Waals surface area contributed by atoms with Gasteiger partial charge in [0.25, 0.3) is 0 Å². The number of hydrogen-bond donors (Lipinski definition) is 1. The lowest BCUT2D eigenvalue weighted by molar-refractivity contribution is 0.171. The van der Waals surface area contributed by atoms with Crippen LogP contribution in [-0.4, -0.2) is 10.4 Å². The van der Waals surface area contributed by atoms with Gasteiger partial charge in [0.15, 0.2) is 0 Å². The van der Waals surface area contributed by atoms with Crippen molar-refractivity contribution in [3.8, 4) is 0 Å². The Kier molecular flexibility index (Phi) is 5.13. The Morgan fingerprint density at radius 1 is 1.33 bits per heavy atom. The number of hydrogen-bond acceptors (Lipinski definition) is 2. The van der Waals surface area contributed by atoms with Crippen LogP contribution in [0.5, 0.6) is 0 Å². The Morgan fingerprint density at radius 3 is 2.83 bits per heavy atom. The van der Waals surface area contributed by atoms with Crippen molar-refractivity contribution in [2.24, 2.45) is 5.92 Å². The van der Waals surface area contributed by atoms with E-state index in [4.69, 9.17) is 0 Å². The molecule has 0 aliphatic heterocycles. The SMILES string of the molecule is CCC(O)c1ccccc1SC1CCCC(C)C1. The Bertz CT molecular complexity index is 377. The molecule has 0 spiro atoms. The van der Waals surface area contributed by atoms with Gasteiger partial charge in [-0.15, -0.1) is 11.8 Å². The Hall–Kier alpha value is -0.470. The predicted molar refractivity (Wildman–Crippen MR) is 79.0 cm³/mol. The van der Waals surface area contributed by atoms with Crippen molar-refractivity contribution in [2.45, 2.75) is 62.2 Å². The van der Waals surface area contributed by atoms with Gasteiger partial charge in [-0.2, -0.15) is 0 Å². The molecule has 3 atom stereocenters. The lowest BCUT2D eigenvalue weighted by atomic mass is 9.91. The molecule has 2 heteroatoms. The fraction of sp³-hybridized carbons (Fsp3) is 0.625. The third-order valence-electron chi connectivity index (χ3n) is 3.85. The minimum absolute atomic E-state index is 0.310. The summed E-state index contributed by atoms with van der Waals surface area (Å²) >= 11 is 1.98. The lowest BCUT2D eigenvalue weighted by Crippen LogP contribution is -2.15. The maximum absolute atomic E-state index is 10.1. The number of aliphatic hydroxyl groups excluding tert-OH is 1. The fourth-order valence-electron chi connectivity index (χ4n) is 2.75. The van der Waals surface area contributed by atoms with Crippen LogP contribution in [-0.2, 0) is 0 Å². The average Bonchev–Trinajstić information content (AvgIpc) is 2.38. The average molecular weight is 264 g/mol. The molecule has 18 heavy (non-hydrogen) atoms. The van der Waals surface area contributed by atoms with Gasteiger partial charge >= 0.3 is 0 Å². The summed E-state index contributed by atoms with van der Waals surface area (Å²) in [5, 5.41) is 10.8. The predicted octanol–water partition coefficient (Wildman–Crippen LogP) is 4.80. The van der Waals surface area contributed by atoms with Gasteiger partial charge in [-0.05, 0) is 36.8 Å². The molecule has 1 fully saturated rings. The van der Waals surface area contributed by atoms with Crippen molar-refractivity contribution in [3.05, 3.63) is 29.8 Å². The van der Waals surface area contributed by atoms with Crippen LogP contribution in [0.4, 0.5) is 0 Å². The molecule has 100 valence electrons. The van der Waals surface area contributed by atoms with E-state index in [-0.39, 0.29) is 6.10 Å². The first-order chi connectivity index (χ1) is 8.70. The highest BCUT2D eigenvalue weighted by Gasteiger charge is 2.21. The summed E-state index contributed by atoms with van der Waals surface area (Å²) in [5.41, 5.74) is 1.11. The zero-order chi connectivity index (χ0) is 13.0. The van der Waals surface area contributed by atoms with Gasteiger partial charge in [0.05, 0.1) is 6.10 Å². The molecule has 0 bridgehead atoms. The standard InChI is InChI=1S/C16H24OS/c1-3-15(17)14-9-4-5-10-16(14)18-13-8-6-7-12(2)11-13/h4-5,9-10,12-13,15,17H,3,6-8,11H2,1-2H3. The van der Waals surface area contributed by atoms with Crippen LogP contribution in [0.1, 0.15) is 57.6 Å². The van der Waals surface area contributed by atoms with Crippen molar-refractivity contribution in [1.29, 1.82) is 0 Å². The third kappa shape index (κ3) is 3.52. The first-order valence-electron chi connectivity index (χ1n) is 7.14. The second kappa shape index (κ2) is 6.63. The van der Waals surface area contributed by atoms with E-state index in [9.17, 15) is 5.11 Å². The molecule has 0 heterocycles. The van der Waals surface area contributed by atoms with Gasteiger partial charge in [0, 0.05) is 10.1 Å². The zero-order valence-electron chi connectivity index (χ0n) is 11.4. The van der Waals surface area contributed by atoms with E-state index >= 15 is 0 Å². The van der Waals surface area contributed by atoms with Gasteiger partial charge in [-0.1, -0.05) is 44.9 Å². The summed E-state index contributed by atoms with van der Waals surface area (Å²) in [7, 11) is 0. The molecule has 1 nitrogen and oxygen atoms in total. The highest BCUT2D eigenvalue weighted by atomic mass is 32.2. The third-order valence-corrected chi connectivity index (χ3v) is 5.23. The van der Waals surface area contributed by atoms with Crippen LogP contribution in [0.15, 0.2) is 29.2 Å². The number of rotatable bonds is 4. The summed E-state index contributed by atoms with van der Waals surface area (Å²) in [6.07, 6.45) is 5.87.